The van der Waals surface area contributed by atoms with Crippen LogP contribution in [-0.4, -0.2) is 40.5 Å². The molecule has 7 nitrogen and oxygen atoms in total. The van der Waals surface area contributed by atoms with Crippen LogP contribution in [0.1, 0.15) is 34.0 Å². The number of amides is 1. The molecule has 9 heteroatoms. The van der Waals surface area contributed by atoms with E-state index >= 15 is 0 Å². The standard InChI is InChI=1S/C19H22N4O3.C7H6F2/c1-2-13-4-3-5-14(8-13)10-20-11-16(24)12-21-19(25)15-6-7-17-18(9-15)23-26-22-17;1-5-2-6(8)4-7(9)3-5/h3-9,16,20,24H,2,10-12H2,1H3,(H,21,25);2-4H,1H3. The molecule has 4 aromatic rings. The van der Waals surface area contributed by atoms with Crippen LogP contribution in [0.4, 0.5) is 8.78 Å². The molecule has 184 valence electrons. The van der Waals surface area contributed by atoms with Crippen molar-refractivity contribution < 1.29 is 23.3 Å². The number of benzene rings is 3. The maximum atomic E-state index is 12.2. The molecule has 0 saturated carbocycles. The minimum atomic E-state index is -0.675. The normalized spacial score (nSPS) is 11.6. The monoisotopic (exact) mass is 482 g/mol. The van der Waals surface area contributed by atoms with Crippen molar-refractivity contribution >= 4 is 16.9 Å². The Balaban J connectivity index is 0.000000320. The number of nitrogens with zero attached hydrogens (tertiary/aromatic N) is 2. The first-order chi connectivity index (χ1) is 16.8. The summed E-state index contributed by atoms with van der Waals surface area (Å²) in [5.74, 6) is -1.32. The summed E-state index contributed by atoms with van der Waals surface area (Å²) in [6.07, 6.45) is 0.323. The van der Waals surface area contributed by atoms with Gasteiger partial charge in [-0.05, 0) is 70.7 Å². The molecular weight excluding hydrogens is 454 g/mol. The van der Waals surface area contributed by atoms with Crippen molar-refractivity contribution in [2.45, 2.75) is 32.9 Å². The third-order valence-corrected chi connectivity index (χ3v) is 5.13. The number of hydrogen-bond donors (Lipinski definition) is 3. The molecule has 3 aromatic carbocycles. The fraction of sp³-hybridized carbons (Fsp3) is 0.269. The zero-order chi connectivity index (χ0) is 25.2. The molecule has 35 heavy (non-hydrogen) atoms. The largest absolute Gasteiger partial charge is 0.390 e. The molecule has 1 unspecified atom stereocenters. The van der Waals surface area contributed by atoms with Crippen molar-refractivity contribution in [1.29, 1.82) is 0 Å². The summed E-state index contributed by atoms with van der Waals surface area (Å²) in [4.78, 5) is 12.2. The van der Waals surface area contributed by atoms with Gasteiger partial charge in [-0.3, -0.25) is 4.79 Å². The fourth-order valence-electron chi connectivity index (χ4n) is 3.34. The number of carbonyl (C=O) groups is 1. The molecule has 0 fully saturated rings. The van der Waals surface area contributed by atoms with Crippen molar-refractivity contribution in [3.63, 3.8) is 0 Å². The Kier molecular flexibility index (Phi) is 9.39. The molecule has 1 amide bonds. The van der Waals surface area contributed by atoms with Crippen molar-refractivity contribution in [1.82, 2.24) is 20.9 Å². The Bertz CT molecular complexity index is 1210. The molecule has 0 aliphatic carbocycles. The van der Waals surface area contributed by atoms with E-state index in [4.69, 9.17) is 0 Å². The SMILES string of the molecule is CCc1cccc(CNCC(O)CNC(=O)c2ccc3nonc3c2)c1.Cc1cc(F)cc(F)c1. The van der Waals surface area contributed by atoms with Crippen molar-refractivity contribution in [2.75, 3.05) is 13.1 Å². The Morgan fingerprint density at radius 1 is 0.971 bits per heavy atom. The van der Waals surface area contributed by atoms with Crippen LogP contribution in [0.15, 0.2) is 65.3 Å². The minimum Gasteiger partial charge on any atom is -0.390 e. The molecule has 0 spiro atoms. The molecule has 0 saturated heterocycles. The summed E-state index contributed by atoms with van der Waals surface area (Å²) < 4.78 is 29.0. The van der Waals surface area contributed by atoms with Gasteiger partial charge < -0.3 is 15.7 Å². The van der Waals surface area contributed by atoms with Gasteiger partial charge in [0, 0.05) is 31.3 Å². The van der Waals surface area contributed by atoms with Crippen LogP contribution in [0.3, 0.4) is 0 Å². The van der Waals surface area contributed by atoms with E-state index in [-0.39, 0.29) is 12.5 Å². The van der Waals surface area contributed by atoms with Gasteiger partial charge in [-0.15, -0.1) is 0 Å². The number of carbonyl (C=O) groups excluding carboxylic acids is 1. The summed E-state index contributed by atoms with van der Waals surface area (Å²) in [6, 6.07) is 16.7. The van der Waals surface area contributed by atoms with Gasteiger partial charge in [0.05, 0.1) is 6.10 Å². The number of aliphatic hydroxyl groups is 1. The van der Waals surface area contributed by atoms with E-state index in [2.05, 4.69) is 50.7 Å². The highest BCUT2D eigenvalue weighted by atomic mass is 19.1. The van der Waals surface area contributed by atoms with E-state index in [9.17, 15) is 18.7 Å². The lowest BCUT2D eigenvalue weighted by Crippen LogP contribution is -2.37. The van der Waals surface area contributed by atoms with Crippen molar-refractivity contribution in [2.24, 2.45) is 0 Å². The van der Waals surface area contributed by atoms with Crippen LogP contribution in [0, 0.1) is 18.6 Å². The Morgan fingerprint density at radius 2 is 1.69 bits per heavy atom. The van der Waals surface area contributed by atoms with Crippen LogP contribution < -0.4 is 10.6 Å². The smallest absolute Gasteiger partial charge is 0.251 e. The lowest BCUT2D eigenvalue weighted by Gasteiger charge is -2.13. The summed E-state index contributed by atoms with van der Waals surface area (Å²) in [6.45, 7) is 5.00. The zero-order valence-electron chi connectivity index (χ0n) is 19.6. The van der Waals surface area contributed by atoms with E-state index in [0.29, 0.717) is 35.2 Å². The van der Waals surface area contributed by atoms with Crippen LogP contribution >= 0.6 is 0 Å². The number of hydrogen-bond acceptors (Lipinski definition) is 6. The van der Waals surface area contributed by atoms with Gasteiger partial charge in [0.15, 0.2) is 0 Å². The molecule has 1 aromatic heterocycles. The van der Waals surface area contributed by atoms with E-state index in [0.717, 1.165) is 12.5 Å². The maximum Gasteiger partial charge on any atom is 0.251 e. The first kappa shape index (κ1) is 25.9. The molecular formula is C26H28F2N4O3. The van der Waals surface area contributed by atoms with Gasteiger partial charge in [-0.1, -0.05) is 31.2 Å². The first-order valence-electron chi connectivity index (χ1n) is 11.2. The van der Waals surface area contributed by atoms with Crippen LogP contribution in [-0.2, 0) is 13.0 Å². The van der Waals surface area contributed by atoms with Gasteiger partial charge in [0.2, 0.25) is 0 Å². The summed E-state index contributed by atoms with van der Waals surface area (Å²) >= 11 is 0. The van der Waals surface area contributed by atoms with Crippen molar-refractivity contribution in [3.05, 3.63) is 94.6 Å². The zero-order valence-corrected chi connectivity index (χ0v) is 19.6. The van der Waals surface area contributed by atoms with Gasteiger partial charge in [0.25, 0.3) is 5.91 Å². The molecule has 4 rings (SSSR count). The van der Waals surface area contributed by atoms with E-state index < -0.39 is 17.7 Å². The van der Waals surface area contributed by atoms with Crippen LogP contribution in [0.5, 0.6) is 0 Å². The average molecular weight is 483 g/mol. The molecule has 0 bridgehead atoms. The van der Waals surface area contributed by atoms with Crippen molar-refractivity contribution in [3.8, 4) is 0 Å². The lowest BCUT2D eigenvalue weighted by molar-refractivity contribution is 0.0915. The number of halogens is 2. The molecule has 1 atom stereocenters. The quantitative estimate of drug-likeness (QED) is 0.352. The van der Waals surface area contributed by atoms with E-state index in [1.807, 2.05) is 6.07 Å². The predicted octanol–water partition coefficient (Wildman–Crippen LogP) is 3.94. The molecule has 3 N–H and O–H groups in total. The number of aliphatic hydroxyl groups excluding tert-OH is 1. The highest BCUT2D eigenvalue weighted by Crippen LogP contribution is 2.11. The number of fused-ring (bicyclic) bond motifs is 1. The second-order valence-electron chi connectivity index (χ2n) is 8.08. The number of aromatic nitrogens is 2. The third-order valence-electron chi connectivity index (χ3n) is 5.13. The topological polar surface area (TPSA) is 100 Å². The van der Waals surface area contributed by atoms with Gasteiger partial charge in [-0.2, -0.15) is 0 Å². The number of rotatable bonds is 8. The predicted molar refractivity (Wildman–Crippen MR) is 129 cm³/mol. The highest BCUT2D eigenvalue weighted by molar-refractivity contribution is 5.97. The van der Waals surface area contributed by atoms with Crippen LogP contribution in [0.25, 0.3) is 11.0 Å². The van der Waals surface area contributed by atoms with E-state index in [1.165, 1.54) is 23.3 Å². The van der Waals surface area contributed by atoms with E-state index in [1.54, 1.807) is 25.1 Å². The van der Waals surface area contributed by atoms with Gasteiger partial charge >= 0.3 is 0 Å². The maximum absolute atomic E-state index is 12.2. The summed E-state index contributed by atoms with van der Waals surface area (Å²) in [7, 11) is 0. The van der Waals surface area contributed by atoms with Crippen LogP contribution in [0.2, 0.25) is 0 Å². The third kappa shape index (κ3) is 8.24. The Labute approximate surface area is 202 Å². The molecule has 0 aliphatic heterocycles. The fourth-order valence-corrected chi connectivity index (χ4v) is 3.34. The summed E-state index contributed by atoms with van der Waals surface area (Å²) in [5.41, 5.74) is 4.64. The second kappa shape index (κ2) is 12.7. The molecule has 1 heterocycles. The molecule has 0 aliphatic rings. The Morgan fingerprint density at radius 3 is 2.40 bits per heavy atom. The number of nitrogens with one attached hydrogen (secondary N) is 2. The second-order valence-corrected chi connectivity index (χ2v) is 8.08. The van der Waals surface area contributed by atoms with Gasteiger partial charge in [0.1, 0.15) is 22.7 Å². The van der Waals surface area contributed by atoms with Gasteiger partial charge in [-0.25, -0.2) is 13.4 Å². The lowest BCUT2D eigenvalue weighted by atomic mass is 10.1. The highest BCUT2D eigenvalue weighted by Gasteiger charge is 2.11. The Hall–Kier alpha value is -3.69. The minimum absolute atomic E-state index is 0.163. The average Bonchev–Trinajstić information content (AvgIpc) is 3.30. The molecule has 0 radical (unpaired) electrons. The first-order valence-corrected chi connectivity index (χ1v) is 11.2. The number of aryl methyl sites for hydroxylation is 2. The summed E-state index contributed by atoms with van der Waals surface area (Å²) in [5, 5.41) is 23.4.